The summed E-state index contributed by atoms with van der Waals surface area (Å²) in [6.45, 7) is 0.740. The van der Waals surface area contributed by atoms with Gasteiger partial charge in [-0.15, -0.1) is 0 Å². The first-order valence-electron chi connectivity index (χ1n) is 8.01. The fraction of sp³-hybridized carbons (Fsp3) is 0.294. The van der Waals surface area contributed by atoms with Crippen LogP contribution in [0.5, 0.6) is 5.88 Å². The van der Waals surface area contributed by atoms with Gasteiger partial charge in [0, 0.05) is 24.2 Å². The van der Waals surface area contributed by atoms with E-state index in [4.69, 9.17) is 9.26 Å². The molecule has 1 saturated heterocycles. The summed E-state index contributed by atoms with van der Waals surface area (Å²) in [7, 11) is -3.49. The van der Waals surface area contributed by atoms with Gasteiger partial charge in [0.05, 0.1) is 6.54 Å². The molecule has 8 heteroatoms. The Morgan fingerprint density at radius 1 is 1.20 bits per heavy atom. The van der Waals surface area contributed by atoms with Gasteiger partial charge in [-0.1, -0.05) is 23.4 Å². The molecule has 1 aliphatic heterocycles. The Balaban J connectivity index is 1.46. The Bertz CT molecular complexity index is 972. The molecule has 0 aliphatic carbocycles. The number of fused-ring (bicyclic) bond motifs is 1. The zero-order chi connectivity index (χ0) is 17.3. The fourth-order valence-corrected chi connectivity index (χ4v) is 4.45. The smallest absolute Gasteiger partial charge is 0.220 e. The van der Waals surface area contributed by atoms with E-state index in [1.807, 2.05) is 24.3 Å². The molecule has 0 radical (unpaired) electrons. The molecule has 130 valence electrons. The van der Waals surface area contributed by atoms with Crippen LogP contribution in [0.15, 0.2) is 53.2 Å². The van der Waals surface area contributed by atoms with Crippen LogP contribution in [0.2, 0.25) is 0 Å². The van der Waals surface area contributed by atoms with Crippen molar-refractivity contribution in [3.8, 4) is 5.88 Å². The summed E-state index contributed by atoms with van der Waals surface area (Å²) in [6, 6.07) is 12.6. The lowest BCUT2D eigenvalue weighted by Crippen LogP contribution is -2.32. The molecule has 1 unspecified atom stereocenters. The molecular formula is C17H17N3O4S. The zero-order valence-corrected chi connectivity index (χ0v) is 14.2. The molecule has 4 rings (SSSR count). The first-order valence-corrected chi connectivity index (χ1v) is 9.61. The zero-order valence-electron chi connectivity index (χ0n) is 13.4. The quantitative estimate of drug-likeness (QED) is 0.694. The lowest BCUT2D eigenvalue weighted by Gasteiger charge is -2.16. The van der Waals surface area contributed by atoms with Crippen LogP contribution >= 0.6 is 0 Å². The fourth-order valence-electron chi connectivity index (χ4n) is 2.94. The van der Waals surface area contributed by atoms with Crippen LogP contribution in [0.25, 0.3) is 11.0 Å². The largest absolute Gasteiger partial charge is 0.473 e. The van der Waals surface area contributed by atoms with Gasteiger partial charge in [0.2, 0.25) is 15.9 Å². The summed E-state index contributed by atoms with van der Waals surface area (Å²) >= 11 is 0. The van der Waals surface area contributed by atoms with Crippen LogP contribution in [0.4, 0.5) is 0 Å². The Morgan fingerprint density at radius 3 is 2.88 bits per heavy atom. The van der Waals surface area contributed by atoms with Crippen LogP contribution in [-0.2, 0) is 15.8 Å². The van der Waals surface area contributed by atoms with Gasteiger partial charge in [-0.25, -0.2) is 13.4 Å². The molecule has 0 spiro atoms. The number of hydrogen-bond donors (Lipinski definition) is 0. The van der Waals surface area contributed by atoms with Crippen molar-refractivity contribution in [1.82, 2.24) is 14.4 Å². The van der Waals surface area contributed by atoms with Gasteiger partial charge in [-0.2, -0.15) is 4.31 Å². The summed E-state index contributed by atoms with van der Waals surface area (Å²) in [4.78, 5) is 4.11. The van der Waals surface area contributed by atoms with Crippen molar-refractivity contribution in [2.75, 3.05) is 13.1 Å². The Labute approximate surface area is 145 Å². The number of nitrogens with zero attached hydrogens (tertiary/aromatic N) is 3. The number of benzene rings is 1. The van der Waals surface area contributed by atoms with Crippen molar-refractivity contribution >= 4 is 21.0 Å². The standard InChI is InChI=1S/C17H17N3O4S/c21-25(22,12-15-14-5-1-2-6-16(14)24-19-15)20-10-8-13(11-20)23-17-7-3-4-9-18-17/h1-7,9,13H,8,10-12H2. The van der Waals surface area contributed by atoms with Crippen LogP contribution < -0.4 is 4.74 Å². The number of para-hydroxylation sites is 1. The first kappa shape index (κ1) is 16.0. The Hall–Kier alpha value is -2.45. The molecule has 0 saturated carbocycles. The highest BCUT2D eigenvalue weighted by atomic mass is 32.2. The van der Waals surface area contributed by atoms with E-state index in [-0.39, 0.29) is 11.9 Å². The third kappa shape index (κ3) is 3.35. The molecule has 1 atom stereocenters. The van der Waals surface area contributed by atoms with E-state index in [1.165, 1.54) is 4.31 Å². The second kappa shape index (κ2) is 6.45. The van der Waals surface area contributed by atoms with E-state index in [1.54, 1.807) is 24.4 Å². The summed E-state index contributed by atoms with van der Waals surface area (Å²) < 4.78 is 37.8. The summed E-state index contributed by atoms with van der Waals surface area (Å²) in [5.41, 5.74) is 1.02. The van der Waals surface area contributed by atoms with E-state index in [9.17, 15) is 8.42 Å². The van der Waals surface area contributed by atoms with Gasteiger partial charge in [-0.3, -0.25) is 0 Å². The maximum absolute atomic E-state index is 12.7. The second-order valence-corrected chi connectivity index (χ2v) is 7.91. The molecule has 0 N–H and O–H groups in total. The Kier molecular flexibility index (Phi) is 4.14. The maximum atomic E-state index is 12.7. The highest BCUT2D eigenvalue weighted by Gasteiger charge is 2.33. The molecule has 7 nitrogen and oxygen atoms in total. The van der Waals surface area contributed by atoms with Gasteiger partial charge >= 0.3 is 0 Å². The van der Waals surface area contributed by atoms with Gasteiger partial charge in [-0.05, 0) is 24.6 Å². The SMILES string of the molecule is O=S(=O)(Cc1noc2ccccc12)N1CCC(Oc2ccccn2)C1. The molecule has 1 fully saturated rings. The maximum Gasteiger partial charge on any atom is 0.220 e. The minimum atomic E-state index is -3.49. The van der Waals surface area contributed by atoms with Crippen molar-refractivity contribution in [2.24, 2.45) is 0 Å². The third-order valence-corrected chi connectivity index (χ3v) is 5.95. The molecule has 1 aliphatic rings. The van der Waals surface area contributed by atoms with Gasteiger partial charge in [0.25, 0.3) is 0 Å². The number of aromatic nitrogens is 2. The summed E-state index contributed by atoms with van der Waals surface area (Å²) in [6.07, 6.45) is 2.09. The van der Waals surface area contributed by atoms with E-state index in [2.05, 4.69) is 10.1 Å². The number of hydrogen-bond acceptors (Lipinski definition) is 6. The van der Waals surface area contributed by atoms with Crippen molar-refractivity contribution in [1.29, 1.82) is 0 Å². The molecular weight excluding hydrogens is 342 g/mol. The topological polar surface area (TPSA) is 85.5 Å². The molecule has 0 bridgehead atoms. The normalized spacial score (nSPS) is 18.6. The van der Waals surface area contributed by atoms with Gasteiger partial charge < -0.3 is 9.26 Å². The Morgan fingerprint density at radius 2 is 2.04 bits per heavy atom. The highest BCUT2D eigenvalue weighted by molar-refractivity contribution is 7.88. The van der Waals surface area contributed by atoms with Gasteiger partial charge in [0.1, 0.15) is 17.6 Å². The number of sulfonamides is 1. The van der Waals surface area contributed by atoms with E-state index < -0.39 is 10.0 Å². The van der Waals surface area contributed by atoms with Crippen molar-refractivity contribution in [2.45, 2.75) is 18.3 Å². The van der Waals surface area contributed by atoms with Gasteiger partial charge in [0.15, 0.2) is 5.58 Å². The van der Waals surface area contributed by atoms with Crippen LogP contribution in [0.1, 0.15) is 12.1 Å². The monoisotopic (exact) mass is 359 g/mol. The minimum absolute atomic E-state index is 0.180. The number of ether oxygens (including phenoxy) is 1. The predicted molar refractivity (Wildman–Crippen MR) is 91.5 cm³/mol. The van der Waals surface area contributed by atoms with Crippen LogP contribution in [0, 0.1) is 0 Å². The van der Waals surface area contributed by atoms with Crippen molar-refractivity contribution in [3.63, 3.8) is 0 Å². The average Bonchev–Trinajstić information content (AvgIpc) is 3.24. The lowest BCUT2D eigenvalue weighted by atomic mass is 10.2. The van der Waals surface area contributed by atoms with Crippen molar-refractivity contribution < 1.29 is 17.7 Å². The molecule has 3 aromatic rings. The van der Waals surface area contributed by atoms with E-state index >= 15 is 0 Å². The highest BCUT2D eigenvalue weighted by Crippen LogP contribution is 2.24. The molecule has 0 amide bonds. The number of pyridine rings is 1. The molecule has 2 aromatic heterocycles. The van der Waals surface area contributed by atoms with E-state index in [0.717, 1.165) is 5.39 Å². The molecule has 25 heavy (non-hydrogen) atoms. The van der Waals surface area contributed by atoms with Crippen molar-refractivity contribution in [3.05, 3.63) is 54.4 Å². The third-order valence-electron chi connectivity index (χ3n) is 4.20. The van der Waals surface area contributed by atoms with Crippen LogP contribution in [-0.4, -0.2) is 42.1 Å². The average molecular weight is 359 g/mol. The number of rotatable bonds is 5. The summed E-state index contributed by atoms with van der Waals surface area (Å²) in [5.74, 6) is 0.328. The predicted octanol–water partition coefficient (Wildman–Crippen LogP) is 2.21. The first-order chi connectivity index (χ1) is 12.1. The minimum Gasteiger partial charge on any atom is -0.473 e. The molecule has 1 aromatic carbocycles. The second-order valence-electron chi connectivity index (χ2n) is 5.94. The lowest BCUT2D eigenvalue weighted by molar-refractivity contribution is 0.207. The van der Waals surface area contributed by atoms with Crippen LogP contribution in [0.3, 0.4) is 0 Å². The molecule has 3 heterocycles. The van der Waals surface area contributed by atoms with E-state index in [0.29, 0.717) is 36.7 Å². The summed E-state index contributed by atoms with van der Waals surface area (Å²) in [5, 5.41) is 4.64.